The highest BCUT2D eigenvalue weighted by atomic mass is 19.1. The summed E-state index contributed by atoms with van der Waals surface area (Å²) < 4.78 is 15.0. The van der Waals surface area contributed by atoms with Gasteiger partial charge in [-0.15, -0.1) is 0 Å². The first kappa shape index (κ1) is 12.3. The molecular formula is C16H14FN3O. The summed E-state index contributed by atoms with van der Waals surface area (Å²) in [6.07, 6.45) is 2.60. The Hall–Kier alpha value is -2.43. The number of rotatable bonds is 1. The van der Waals surface area contributed by atoms with Crippen LogP contribution in [0, 0.1) is 12.7 Å². The van der Waals surface area contributed by atoms with Crippen LogP contribution in [-0.4, -0.2) is 14.6 Å². The fourth-order valence-corrected chi connectivity index (χ4v) is 3.14. The van der Waals surface area contributed by atoms with Gasteiger partial charge in [-0.2, -0.15) is 0 Å². The van der Waals surface area contributed by atoms with Crippen LogP contribution in [0.3, 0.4) is 0 Å². The molecule has 4 rings (SSSR count). The number of aromatic amines is 1. The minimum absolute atomic E-state index is 0.0294. The van der Waals surface area contributed by atoms with E-state index in [0.29, 0.717) is 5.65 Å². The van der Waals surface area contributed by atoms with Crippen molar-refractivity contribution in [3.8, 4) is 11.1 Å². The van der Waals surface area contributed by atoms with Crippen molar-refractivity contribution >= 4 is 5.65 Å². The first-order chi connectivity index (χ1) is 10.1. The molecule has 1 N–H and O–H groups in total. The summed E-state index contributed by atoms with van der Waals surface area (Å²) in [6, 6.07) is 6.37. The largest absolute Gasteiger partial charge is 0.293 e. The van der Waals surface area contributed by atoms with Crippen molar-refractivity contribution in [1.82, 2.24) is 14.6 Å². The molecule has 1 aliphatic rings. The lowest BCUT2D eigenvalue weighted by Crippen LogP contribution is -2.20. The van der Waals surface area contributed by atoms with Crippen molar-refractivity contribution in [1.29, 1.82) is 0 Å². The minimum Gasteiger partial charge on any atom is -0.293 e. The summed E-state index contributed by atoms with van der Waals surface area (Å²) in [7, 11) is 0. The molecule has 0 saturated carbocycles. The Balaban J connectivity index is 2.09. The van der Waals surface area contributed by atoms with E-state index in [-0.39, 0.29) is 11.4 Å². The number of fused-ring (bicyclic) bond motifs is 2. The third-order valence-electron chi connectivity index (χ3n) is 4.09. The van der Waals surface area contributed by atoms with Crippen LogP contribution >= 0.6 is 0 Å². The quantitative estimate of drug-likeness (QED) is 0.746. The molecule has 1 aliphatic carbocycles. The van der Waals surface area contributed by atoms with Gasteiger partial charge in [0.15, 0.2) is 5.65 Å². The van der Waals surface area contributed by atoms with Crippen LogP contribution in [0.5, 0.6) is 0 Å². The zero-order valence-electron chi connectivity index (χ0n) is 11.6. The predicted molar refractivity (Wildman–Crippen MR) is 78.0 cm³/mol. The number of hydrogen-bond donors (Lipinski definition) is 1. The average Bonchev–Trinajstić information content (AvgIpc) is 3.03. The van der Waals surface area contributed by atoms with Gasteiger partial charge in [0.05, 0.1) is 5.69 Å². The second-order valence-electron chi connectivity index (χ2n) is 5.48. The molecule has 21 heavy (non-hydrogen) atoms. The van der Waals surface area contributed by atoms with Crippen molar-refractivity contribution in [3.63, 3.8) is 0 Å². The molecule has 0 atom stereocenters. The van der Waals surface area contributed by atoms with Gasteiger partial charge in [-0.05, 0) is 43.9 Å². The normalized spacial score (nSPS) is 13.8. The Labute approximate surface area is 120 Å². The SMILES string of the molecule is Cc1[nH]n2c(=O)c3c(nc2c1-c1cccc(F)c1)CCC3. The van der Waals surface area contributed by atoms with E-state index in [9.17, 15) is 9.18 Å². The van der Waals surface area contributed by atoms with Crippen molar-refractivity contribution in [2.75, 3.05) is 0 Å². The lowest BCUT2D eigenvalue weighted by atomic mass is 10.1. The zero-order valence-corrected chi connectivity index (χ0v) is 11.6. The standard InChI is InChI=1S/C16H14FN3O/c1-9-14(10-4-2-5-11(17)8-10)15-18-13-7-3-6-12(13)16(21)20(15)19-9/h2,4-5,8,19H,3,6-7H2,1H3. The average molecular weight is 283 g/mol. The Morgan fingerprint density at radius 3 is 3.00 bits per heavy atom. The van der Waals surface area contributed by atoms with Gasteiger partial charge in [-0.1, -0.05) is 12.1 Å². The Kier molecular flexibility index (Phi) is 2.51. The second-order valence-corrected chi connectivity index (χ2v) is 5.48. The molecule has 106 valence electrons. The van der Waals surface area contributed by atoms with Gasteiger partial charge in [0.1, 0.15) is 5.82 Å². The van der Waals surface area contributed by atoms with Gasteiger partial charge < -0.3 is 0 Å². The zero-order chi connectivity index (χ0) is 14.6. The fraction of sp³-hybridized carbons (Fsp3) is 0.250. The first-order valence-corrected chi connectivity index (χ1v) is 7.04. The van der Waals surface area contributed by atoms with Gasteiger partial charge in [-0.3, -0.25) is 9.89 Å². The number of hydrogen-bond acceptors (Lipinski definition) is 2. The lowest BCUT2D eigenvalue weighted by Gasteiger charge is -2.03. The Morgan fingerprint density at radius 1 is 1.33 bits per heavy atom. The topological polar surface area (TPSA) is 50.2 Å². The van der Waals surface area contributed by atoms with Gasteiger partial charge in [-0.25, -0.2) is 13.9 Å². The predicted octanol–water partition coefficient (Wildman–Crippen LogP) is 2.63. The van der Waals surface area contributed by atoms with Gasteiger partial charge in [0, 0.05) is 16.8 Å². The van der Waals surface area contributed by atoms with Crippen LogP contribution in [0.2, 0.25) is 0 Å². The Morgan fingerprint density at radius 2 is 2.19 bits per heavy atom. The molecule has 0 amide bonds. The highest BCUT2D eigenvalue weighted by Gasteiger charge is 2.22. The molecule has 0 unspecified atom stereocenters. The summed E-state index contributed by atoms with van der Waals surface area (Å²) in [4.78, 5) is 17.2. The number of aryl methyl sites for hydroxylation is 2. The van der Waals surface area contributed by atoms with E-state index < -0.39 is 0 Å². The fourth-order valence-electron chi connectivity index (χ4n) is 3.14. The maximum Gasteiger partial charge on any atom is 0.276 e. The maximum atomic E-state index is 13.5. The minimum atomic E-state index is -0.297. The first-order valence-electron chi connectivity index (χ1n) is 7.04. The van der Waals surface area contributed by atoms with Gasteiger partial charge >= 0.3 is 0 Å². The van der Waals surface area contributed by atoms with Crippen molar-refractivity contribution < 1.29 is 4.39 Å². The highest BCUT2D eigenvalue weighted by molar-refractivity contribution is 5.79. The van der Waals surface area contributed by atoms with Gasteiger partial charge in [0.2, 0.25) is 0 Å². The molecule has 5 heteroatoms. The number of benzene rings is 1. The number of halogens is 1. The molecule has 3 aromatic rings. The smallest absolute Gasteiger partial charge is 0.276 e. The number of H-pyrrole nitrogens is 1. The van der Waals surface area contributed by atoms with Crippen LogP contribution in [0.25, 0.3) is 16.8 Å². The van der Waals surface area contributed by atoms with E-state index >= 15 is 0 Å². The molecular weight excluding hydrogens is 269 g/mol. The van der Waals surface area contributed by atoms with E-state index in [1.54, 1.807) is 6.07 Å². The maximum absolute atomic E-state index is 13.5. The molecule has 1 aromatic carbocycles. The number of nitrogens with one attached hydrogen (secondary N) is 1. The molecule has 0 spiro atoms. The van der Waals surface area contributed by atoms with Crippen molar-refractivity contribution in [3.05, 3.63) is 57.4 Å². The molecule has 2 heterocycles. The summed E-state index contributed by atoms with van der Waals surface area (Å²) >= 11 is 0. The van der Waals surface area contributed by atoms with Crippen molar-refractivity contribution in [2.45, 2.75) is 26.2 Å². The van der Waals surface area contributed by atoms with Crippen LogP contribution in [0.4, 0.5) is 4.39 Å². The third-order valence-corrected chi connectivity index (χ3v) is 4.09. The molecule has 0 saturated heterocycles. The third kappa shape index (κ3) is 1.73. The summed E-state index contributed by atoms with van der Waals surface area (Å²) in [5.41, 5.74) is 4.59. The van der Waals surface area contributed by atoms with Gasteiger partial charge in [0.25, 0.3) is 5.56 Å². The van der Waals surface area contributed by atoms with E-state index in [4.69, 9.17) is 0 Å². The van der Waals surface area contributed by atoms with E-state index in [1.807, 2.05) is 13.0 Å². The van der Waals surface area contributed by atoms with Crippen LogP contribution in [0.1, 0.15) is 23.4 Å². The molecule has 0 radical (unpaired) electrons. The van der Waals surface area contributed by atoms with Crippen LogP contribution in [-0.2, 0) is 12.8 Å². The van der Waals surface area contributed by atoms with E-state index in [1.165, 1.54) is 16.6 Å². The highest BCUT2D eigenvalue weighted by Crippen LogP contribution is 2.28. The molecule has 0 aliphatic heterocycles. The van der Waals surface area contributed by atoms with E-state index in [2.05, 4.69) is 10.1 Å². The molecule has 0 bridgehead atoms. The molecule has 4 nitrogen and oxygen atoms in total. The number of nitrogens with zero attached hydrogens (tertiary/aromatic N) is 2. The Bertz CT molecular complexity index is 923. The van der Waals surface area contributed by atoms with Crippen molar-refractivity contribution in [2.24, 2.45) is 0 Å². The second kappa shape index (κ2) is 4.28. The number of aromatic nitrogens is 3. The molecule has 2 aromatic heterocycles. The summed E-state index contributed by atoms with van der Waals surface area (Å²) in [5, 5.41) is 3.06. The van der Waals surface area contributed by atoms with Crippen LogP contribution < -0.4 is 5.56 Å². The monoisotopic (exact) mass is 283 g/mol. The lowest BCUT2D eigenvalue weighted by molar-refractivity contribution is 0.628. The molecule has 0 fully saturated rings. The van der Waals surface area contributed by atoms with Crippen LogP contribution in [0.15, 0.2) is 29.1 Å². The summed E-state index contributed by atoms with van der Waals surface area (Å²) in [5.74, 6) is -0.297. The summed E-state index contributed by atoms with van der Waals surface area (Å²) in [6.45, 7) is 1.87. The van der Waals surface area contributed by atoms with E-state index in [0.717, 1.165) is 47.3 Å².